The van der Waals surface area contributed by atoms with E-state index in [9.17, 15) is 4.79 Å². The summed E-state index contributed by atoms with van der Waals surface area (Å²) in [6, 6.07) is 16.7. The van der Waals surface area contributed by atoms with Crippen LogP contribution in [0.4, 0.5) is 5.69 Å². The molecule has 0 bridgehead atoms. The number of aliphatic imine (C=N–C) groups is 1. The molecule has 1 amide bonds. The van der Waals surface area contributed by atoms with Gasteiger partial charge >= 0.3 is 0 Å². The van der Waals surface area contributed by atoms with Crippen LogP contribution in [0.15, 0.2) is 53.5 Å². The molecule has 1 fully saturated rings. The number of halogens is 1. The highest BCUT2D eigenvalue weighted by Gasteiger charge is 2.28. The molecule has 0 saturated carbocycles. The second-order valence-corrected chi connectivity index (χ2v) is 8.74. The van der Waals surface area contributed by atoms with E-state index in [2.05, 4.69) is 60.1 Å². The maximum atomic E-state index is 12.1. The van der Waals surface area contributed by atoms with Gasteiger partial charge in [-0.3, -0.25) is 9.79 Å². The molecule has 3 unspecified atom stereocenters. The molecule has 2 aromatic rings. The number of fused-ring (bicyclic) bond motifs is 1. The van der Waals surface area contributed by atoms with Gasteiger partial charge in [-0.25, -0.2) is 0 Å². The molecule has 2 heterocycles. The van der Waals surface area contributed by atoms with Gasteiger partial charge in [0.25, 0.3) is 0 Å². The van der Waals surface area contributed by atoms with E-state index in [-0.39, 0.29) is 41.9 Å². The lowest BCUT2D eigenvalue weighted by molar-refractivity contribution is -0.116. The van der Waals surface area contributed by atoms with E-state index < -0.39 is 0 Å². The monoisotopic (exact) mass is 562 g/mol. The lowest BCUT2D eigenvalue weighted by atomic mass is 9.89. The zero-order valence-corrected chi connectivity index (χ0v) is 21.8. The lowest BCUT2D eigenvalue weighted by Crippen LogP contribution is -2.41. The Morgan fingerprint density at radius 3 is 2.73 bits per heavy atom. The van der Waals surface area contributed by atoms with Crippen LogP contribution in [0.25, 0.3) is 0 Å². The third kappa shape index (κ3) is 6.69. The van der Waals surface area contributed by atoms with Gasteiger partial charge in [0, 0.05) is 50.2 Å². The summed E-state index contributed by atoms with van der Waals surface area (Å²) < 4.78 is 6.16. The molecule has 4 rings (SSSR count). The number of hydrogen-bond donors (Lipinski definition) is 3. The molecule has 1 saturated heterocycles. The van der Waals surface area contributed by atoms with Gasteiger partial charge in [-0.2, -0.15) is 0 Å². The van der Waals surface area contributed by atoms with Crippen molar-refractivity contribution in [2.75, 3.05) is 31.6 Å². The first kappa shape index (κ1) is 25.5. The van der Waals surface area contributed by atoms with Crippen molar-refractivity contribution in [2.45, 2.75) is 45.1 Å². The molecule has 0 aromatic heterocycles. The number of carbonyl (C=O) groups is 1. The first-order valence-electron chi connectivity index (χ1n) is 11.7. The van der Waals surface area contributed by atoms with Crippen LogP contribution in [0.5, 0.6) is 0 Å². The fourth-order valence-corrected chi connectivity index (χ4v) is 4.61. The molecular weight excluding hydrogens is 527 g/mol. The maximum Gasteiger partial charge on any atom is 0.225 e. The number of aryl methyl sites for hydroxylation is 1. The van der Waals surface area contributed by atoms with Crippen molar-refractivity contribution in [3.8, 4) is 0 Å². The van der Waals surface area contributed by atoms with Gasteiger partial charge in [0.15, 0.2) is 5.96 Å². The number of anilines is 1. The van der Waals surface area contributed by atoms with Crippen LogP contribution < -0.4 is 16.0 Å². The van der Waals surface area contributed by atoms with Crippen LogP contribution in [-0.4, -0.2) is 38.1 Å². The molecule has 3 atom stereocenters. The molecule has 3 N–H and O–H groups in total. The van der Waals surface area contributed by atoms with Gasteiger partial charge in [0.1, 0.15) is 0 Å². The number of guanidine groups is 1. The summed E-state index contributed by atoms with van der Waals surface area (Å²) in [6.07, 6.45) is 2.75. The second kappa shape index (κ2) is 12.4. The smallest absolute Gasteiger partial charge is 0.225 e. The highest BCUT2D eigenvalue weighted by atomic mass is 127. The Morgan fingerprint density at radius 2 is 1.94 bits per heavy atom. The minimum absolute atomic E-state index is 0. The third-order valence-electron chi connectivity index (χ3n) is 6.30. The first-order valence-corrected chi connectivity index (χ1v) is 11.7. The predicted octanol–water partition coefficient (Wildman–Crippen LogP) is 4.76. The second-order valence-electron chi connectivity index (χ2n) is 8.74. The normalized spacial score (nSPS) is 22.5. The van der Waals surface area contributed by atoms with Crippen molar-refractivity contribution in [1.29, 1.82) is 0 Å². The number of amides is 1. The van der Waals surface area contributed by atoms with Crippen molar-refractivity contribution in [3.63, 3.8) is 0 Å². The number of hydrogen-bond acceptors (Lipinski definition) is 3. The molecule has 0 radical (unpaired) electrons. The topological polar surface area (TPSA) is 74.8 Å². The molecule has 33 heavy (non-hydrogen) atoms. The van der Waals surface area contributed by atoms with Crippen LogP contribution in [0.2, 0.25) is 0 Å². The number of nitrogens with one attached hydrogen (secondary N) is 3. The minimum atomic E-state index is 0. The number of carbonyl (C=O) groups excluding carboxylic acids is 1. The molecule has 2 aliphatic rings. The molecule has 2 aromatic carbocycles. The zero-order valence-electron chi connectivity index (χ0n) is 19.5. The Morgan fingerprint density at radius 1 is 1.15 bits per heavy atom. The van der Waals surface area contributed by atoms with Crippen LogP contribution in [0, 0.1) is 12.8 Å². The number of para-hydroxylation sites is 1. The van der Waals surface area contributed by atoms with Gasteiger partial charge in [-0.05, 0) is 43.9 Å². The third-order valence-corrected chi connectivity index (χ3v) is 6.30. The van der Waals surface area contributed by atoms with E-state index in [1.807, 2.05) is 18.2 Å². The van der Waals surface area contributed by atoms with E-state index in [4.69, 9.17) is 9.73 Å². The van der Waals surface area contributed by atoms with Crippen LogP contribution in [0.1, 0.15) is 54.9 Å². The SMILES string of the molecule is CCNC(=NCC1CCCOC1c1ccc(C)cc1)NCC1CC(=O)Nc2ccccc21.I. The van der Waals surface area contributed by atoms with Crippen molar-refractivity contribution < 1.29 is 9.53 Å². The van der Waals surface area contributed by atoms with Gasteiger partial charge in [-0.15, -0.1) is 24.0 Å². The average Bonchev–Trinajstić information content (AvgIpc) is 2.81. The molecule has 7 heteroatoms. The fourth-order valence-electron chi connectivity index (χ4n) is 4.61. The summed E-state index contributed by atoms with van der Waals surface area (Å²) in [7, 11) is 0. The van der Waals surface area contributed by atoms with Crippen LogP contribution >= 0.6 is 24.0 Å². The number of ether oxygens (including phenoxy) is 1. The molecular formula is C26H35IN4O2. The standard InChI is InChI=1S/C26H34N4O2.HI/c1-3-27-26(29-17-21-15-24(31)30-23-9-5-4-8-22(21)23)28-16-20-7-6-14-32-25(20)19-12-10-18(2)11-13-19;/h4-5,8-13,20-21,25H,3,6-7,14-17H2,1-2H3,(H,30,31)(H2,27,28,29);1H. The molecule has 178 valence electrons. The quantitative estimate of drug-likeness (QED) is 0.270. The Kier molecular flexibility index (Phi) is 9.55. The van der Waals surface area contributed by atoms with Gasteiger partial charge in [0.05, 0.1) is 6.10 Å². The van der Waals surface area contributed by atoms with E-state index in [1.165, 1.54) is 16.7 Å². The Labute approximate surface area is 214 Å². The van der Waals surface area contributed by atoms with E-state index in [0.29, 0.717) is 25.4 Å². The highest BCUT2D eigenvalue weighted by molar-refractivity contribution is 14.0. The van der Waals surface area contributed by atoms with Crippen molar-refractivity contribution in [2.24, 2.45) is 10.9 Å². The largest absolute Gasteiger partial charge is 0.373 e. The Hall–Kier alpha value is -2.13. The highest BCUT2D eigenvalue weighted by Crippen LogP contribution is 2.34. The Bertz CT molecular complexity index is 948. The van der Waals surface area contributed by atoms with Crippen LogP contribution in [-0.2, 0) is 9.53 Å². The van der Waals surface area contributed by atoms with E-state index >= 15 is 0 Å². The molecule has 0 spiro atoms. The fraction of sp³-hybridized carbons (Fsp3) is 0.462. The summed E-state index contributed by atoms with van der Waals surface area (Å²) in [5.41, 5.74) is 4.59. The van der Waals surface area contributed by atoms with Gasteiger partial charge < -0.3 is 20.7 Å². The summed E-state index contributed by atoms with van der Waals surface area (Å²) in [5, 5.41) is 9.80. The van der Waals surface area contributed by atoms with Crippen LogP contribution in [0.3, 0.4) is 0 Å². The summed E-state index contributed by atoms with van der Waals surface area (Å²) in [6.45, 7) is 7.14. The first-order chi connectivity index (χ1) is 15.6. The number of nitrogens with zero attached hydrogens (tertiary/aromatic N) is 1. The summed E-state index contributed by atoms with van der Waals surface area (Å²) >= 11 is 0. The number of benzene rings is 2. The lowest BCUT2D eigenvalue weighted by Gasteiger charge is -2.31. The van der Waals surface area contributed by atoms with Gasteiger partial charge in [-0.1, -0.05) is 48.0 Å². The number of rotatable bonds is 6. The van der Waals surface area contributed by atoms with Gasteiger partial charge in [0.2, 0.25) is 5.91 Å². The summed E-state index contributed by atoms with van der Waals surface area (Å²) in [5.74, 6) is 1.34. The summed E-state index contributed by atoms with van der Waals surface area (Å²) in [4.78, 5) is 17.0. The van der Waals surface area contributed by atoms with Crippen molar-refractivity contribution >= 4 is 41.5 Å². The zero-order chi connectivity index (χ0) is 22.3. The Balaban J connectivity index is 0.00000306. The molecule has 0 aliphatic carbocycles. The van der Waals surface area contributed by atoms with Crippen molar-refractivity contribution in [1.82, 2.24) is 10.6 Å². The average molecular weight is 562 g/mol. The molecule has 6 nitrogen and oxygen atoms in total. The van der Waals surface area contributed by atoms with Crippen molar-refractivity contribution in [3.05, 3.63) is 65.2 Å². The predicted molar refractivity (Wildman–Crippen MR) is 144 cm³/mol. The minimum Gasteiger partial charge on any atom is -0.373 e. The van der Waals surface area contributed by atoms with E-state index in [0.717, 1.165) is 37.6 Å². The molecule has 2 aliphatic heterocycles. The maximum absolute atomic E-state index is 12.1. The van der Waals surface area contributed by atoms with E-state index in [1.54, 1.807) is 0 Å².